The number of nitrogens with one attached hydrogen (secondary N) is 1. The van der Waals surface area contributed by atoms with Crippen LogP contribution >= 0.6 is 11.6 Å². The number of benzene rings is 2. The Labute approximate surface area is 164 Å². The lowest BCUT2D eigenvalue weighted by molar-refractivity contribution is -0.126. The second kappa shape index (κ2) is 6.01. The molecule has 2 saturated heterocycles. The molecule has 5 rings (SSSR count). The second-order valence-electron chi connectivity index (χ2n) is 7.15. The Morgan fingerprint density at radius 2 is 1.82 bits per heavy atom. The van der Waals surface area contributed by atoms with Gasteiger partial charge in [-0.2, -0.15) is 0 Å². The molecule has 2 aromatic rings. The van der Waals surface area contributed by atoms with Crippen LogP contribution in [0.15, 0.2) is 48.5 Å². The van der Waals surface area contributed by atoms with Crippen LogP contribution in [0.2, 0.25) is 5.02 Å². The van der Waals surface area contributed by atoms with E-state index in [-0.39, 0.29) is 10.8 Å². The molecule has 1 N–H and O–H groups in total. The van der Waals surface area contributed by atoms with Crippen LogP contribution in [0.5, 0.6) is 0 Å². The van der Waals surface area contributed by atoms with Crippen molar-refractivity contribution in [2.24, 2.45) is 11.8 Å². The first-order chi connectivity index (χ1) is 13.5. The van der Waals surface area contributed by atoms with E-state index >= 15 is 0 Å². The summed E-state index contributed by atoms with van der Waals surface area (Å²) >= 11 is 6.23. The minimum Gasteiger partial charge on any atom is -0.352 e. The molecule has 4 atom stereocenters. The highest BCUT2D eigenvalue weighted by molar-refractivity contribution is 6.34. The zero-order valence-electron chi connectivity index (χ0n) is 14.4. The van der Waals surface area contributed by atoms with Crippen LogP contribution in [0, 0.1) is 17.7 Å². The van der Waals surface area contributed by atoms with Crippen LogP contribution in [-0.4, -0.2) is 29.7 Å². The molecule has 28 heavy (non-hydrogen) atoms. The van der Waals surface area contributed by atoms with E-state index in [1.54, 1.807) is 47.4 Å². The molecule has 3 aliphatic rings. The van der Waals surface area contributed by atoms with Gasteiger partial charge in [0.05, 0.1) is 22.9 Å². The molecule has 0 saturated carbocycles. The van der Waals surface area contributed by atoms with E-state index in [9.17, 15) is 18.8 Å². The Bertz CT molecular complexity index is 1080. The van der Waals surface area contributed by atoms with Crippen molar-refractivity contribution in [1.82, 2.24) is 5.32 Å². The van der Waals surface area contributed by atoms with Crippen molar-refractivity contribution in [3.8, 4) is 0 Å². The van der Waals surface area contributed by atoms with Crippen LogP contribution in [-0.2, 0) is 9.59 Å². The third-order valence-electron chi connectivity index (χ3n) is 5.72. The van der Waals surface area contributed by atoms with Crippen molar-refractivity contribution in [1.29, 1.82) is 0 Å². The van der Waals surface area contributed by atoms with Gasteiger partial charge >= 0.3 is 0 Å². The zero-order valence-corrected chi connectivity index (χ0v) is 15.2. The smallest absolute Gasteiger partial charge is 0.233 e. The van der Waals surface area contributed by atoms with E-state index in [2.05, 4.69) is 5.32 Å². The number of fused-ring (bicyclic) bond motifs is 5. The molecule has 0 spiro atoms. The number of Topliss-reactive ketones (excluding diaryl/α,β-unsaturated/α-hetero) is 1. The minimum atomic E-state index is -0.907. The van der Waals surface area contributed by atoms with E-state index < -0.39 is 41.6 Å². The molecule has 5 nitrogen and oxygen atoms in total. The molecular weight excluding hydrogens is 383 g/mol. The maximum Gasteiger partial charge on any atom is 0.233 e. The van der Waals surface area contributed by atoms with Gasteiger partial charge in [0.2, 0.25) is 11.8 Å². The van der Waals surface area contributed by atoms with Crippen LogP contribution in [0.3, 0.4) is 0 Å². The van der Waals surface area contributed by atoms with Gasteiger partial charge in [-0.05, 0) is 30.3 Å². The summed E-state index contributed by atoms with van der Waals surface area (Å²) in [6.45, 7) is 0. The molecule has 7 heteroatoms. The number of carbonyl (C=O) groups is 3. The molecule has 3 aliphatic heterocycles. The Kier molecular flexibility index (Phi) is 3.67. The number of ketones is 1. The summed E-state index contributed by atoms with van der Waals surface area (Å²) in [5, 5.41) is 2.63. The average Bonchev–Trinajstić information content (AvgIpc) is 3.17. The monoisotopic (exact) mass is 396 g/mol. The maximum absolute atomic E-state index is 13.7. The second-order valence-corrected chi connectivity index (χ2v) is 7.56. The molecule has 0 aromatic heterocycles. The molecule has 2 aromatic carbocycles. The molecule has 3 heterocycles. The number of hydrogen-bond donors (Lipinski definition) is 1. The van der Waals surface area contributed by atoms with Gasteiger partial charge in [-0.1, -0.05) is 35.9 Å². The predicted molar refractivity (Wildman–Crippen MR) is 101 cm³/mol. The quantitative estimate of drug-likeness (QED) is 0.626. The van der Waals surface area contributed by atoms with Crippen molar-refractivity contribution < 1.29 is 18.8 Å². The fraction of sp³-hybridized carbons (Fsp3) is 0.190. The molecule has 0 bridgehead atoms. The van der Waals surface area contributed by atoms with Gasteiger partial charge in [-0.25, -0.2) is 4.39 Å². The predicted octanol–water partition coefficient (Wildman–Crippen LogP) is 2.83. The molecule has 0 aliphatic carbocycles. The summed E-state index contributed by atoms with van der Waals surface area (Å²) in [5.74, 6) is -3.11. The number of nitrogens with zero attached hydrogens (tertiary/aromatic N) is 1. The van der Waals surface area contributed by atoms with Crippen molar-refractivity contribution in [3.05, 3.63) is 70.5 Å². The Hall–Kier alpha value is -2.99. The number of carbonyl (C=O) groups excluding carboxylic acids is 3. The molecule has 2 amide bonds. The lowest BCUT2D eigenvalue weighted by Gasteiger charge is -2.35. The summed E-state index contributed by atoms with van der Waals surface area (Å²) in [6.07, 6.45) is 3.49. The molecule has 0 radical (unpaired) electrons. The first-order valence-electron chi connectivity index (χ1n) is 8.87. The van der Waals surface area contributed by atoms with Gasteiger partial charge in [0.25, 0.3) is 0 Å². The largest absolute Gasteiger partial charge is 0.352 e. The fourth-order valence-electron chi connectivity index (χ4n) is 4.58. The van der Waals surface area contributed by atoms with Crippen molar-refractivity contribution in [3.63, 3.8) is 0 Å². The first kappa shape index (κ1) is 17.1. The van der Waals surface area contributed by atoms with E-state index in [0.717, 1.165) is 0 Å². The normalized spacial score (nSPS) is 27.3. The van der Waals surface area contributed by atoms with Crippen LogP contribution < -0.4 is 10.2 Å². The van der Waals surface area contributed by atoms with Crippen LogP contribution in [0.4, 0.5) is 10.1 Å². The van der Waals surface area contributed by atoms with E-state index in [4.69, 9.17) is 11.6 Å². The first-order valence-corrected chi connectivity index (χ1v) is 9.25. The average molecular weight is 397 g/mol. The number of amides is 2. The van der Waals surface area contributed by atoms with Gasteiger partial charge in [0.1, 0.15) is 11.9 Å². The number of hydrogen-bond acceptors (Lipinski definition) is 4. The third-order valence-corrected chi connectivity index (χ3v) is 6.05. The summed E-state index contributed by atoms with van der Waals surface area (Å²) in [6, 6.07) is 9.51. The van der Waals surface area contributed by atoms with Crippen molar-refractivity contribution >= 4 is 41.0 Å². The standard InChI is InChI=1S/C21H14ClFN2O3/c22-13-4-2-1-3-12(13)19(26)18-17-16(20(27)24-21(17)28)15-7-5-10-9-11(23)6-8-14(10)25(15)18/h1-9,15-18H,(H,24,27,28)/t15-,16+,17-,18-/m0/s1. The summed E-state index contributed by atoms with van der Waals surface area (Å²) in [5.41, 5.74) is 1.51. The molecular formula is C21H14ClFN2O3. The zero-order chi connectivity index (χ0) is 19.6. The number of halogens is 2. The lowest BCUT2D eigenvalue weighted by atomic mass is 9.86. The number of rotatable bonds is 2. The maximum atomic E-state index is 13.7. The van der Waals surface area contributed by atoms with E-state index in [0.29, 0.717) is 16.8 Å². The molecule has 2 fully saturated rings. The van der Waals surface area contributed by atoms with E-state index in [1.165, 1.54) is 12.1 Å². The van der Waals surface area contributed by atoms with Gasteiger partial charge < -0.3 is 4.90 Å². The van der Waals surface area contributed by atoms with E-state index in [1.807, 2.05) is 0 Å². The highest BCUT2D eigenvalue weighted by Crippen LogP contribution is 2.47. The number of anilines is 1. The summed E-state index contributed by atoms with van der Waals surface area (Å²) < 4.78 is 13.7. The fourth-order valence-corrected chi connectivity index (χ4v) is 4.81. The topological polar surface area (TPSA) is 66.5 Å². The van der Waals surface area contributed by atoms with Crippen molar-refractivity contribution in [2.75, 3.05) is 4.90 Å². The minimum absolute atomic E-state index is 0.282. The summed E-state index contributed by atoms with van der Waals surface area (Å²) in [4.78, 5) is 40.3. The van der Waals surface area contributed by atoms with Gasteiger partial charge in [0.15, 0.2) is 5.78 Å². The molecule has 140 valence electrons. The van der Waals surface area contributed by atoms with Gasteiger partial charge in [0, 0.05) is 16.8 Å². The van der Waals surface area contributed by atoms with Gasteiger partial charge in [-0.3, -0.25) is 19.7 Å². The highest BCUT2D eigenvalue weighted by Gasteiger charge is 2.61. The Balaban J connectivity index is 1.69. The highest BCUT2D eigenvalue weighted by atomic mass is 35.5. The Morgan fingerprint density at radius 3 is 2.61 bits per heavy atom. The molecule has 0 unspecified atom stereocenters. The number of imide groups is 1. The lowest BCUT2D eigenvalue weighted by Crippen LogP contribution is -2.47. The Morgan fingerprint density at radius 1 is 1.07 bits per heavy atom. The SMILES string of the molecule is O=C1NC(=O)[C@H]2[C@H]1[C@@H](C(=O)c1ccccc1Cl)N1c3ccc(F)cc3C=C[C@@H]21. The third kappa shape index (κ3) is 2.27. The van der Waals surface area contributed by atoms with Gasteiger partial charge in [-0.15, -0.1) is 0 Å². The van der Waals surface area contributed by atoms with Crippen LogP contribution in [0.1, 0.15) is 15.9 Å². The van der Waals surface area contributed by atoms with Crippen LogP contribution in [0.25, 0.3) is 6.08 Å². The van der Waals surface area contributed by atoms with Crippen molar-refractivity contribution in [2.45, 2.75) is 12.1 Å². The summed E-state index contributed by atoms with van der Waals surface area (Å²) in [7, 11) is 0.